The molecule has 13 heavy (non-hydrogen) atoms. The van der Waals surface area contributed by atoms with Crippen LogP contribution >= 0.6 is 0 Å². The summed E-state index contributed by atoms with van der Waals surface area (Å²) in [7, 11) is 0. The van der Waals surface area contributed by atoms with Crippen molar-refractivity contribution in [2.45, 2.75) is 45.6 Å². The highest BCUT2D eigenvalue weighted by Gasteiger charge is 2.25. The van der Waals surface area contributed by atoms with Gasteiger partial charge in [-0.2, -0.15) is 0 Å². The van der Waals surface area contributed by atoms with Gasteiger partial charge in [-0.15, -0.1) is 0 Å². The quantitative estimate of drug-likeness (QED) is 0.691. The lowest BCUT2D eigenvalue weighted by molar-refractivity contribution is 0.245. The highest BCUT2D eigenvalue weighted by molar-refractivity contribution is 5.71. The second-order valence-corrected chi connectivity index (χ2v) is 4.51. The molecule has 1 aliphatic carbocycles. The molecule has 2 unspecified atom stereocenters. The van der Waals surface area contributed by atoms with Gasteiger partial charge in [0.2, 0.25) is 0 Å². The van der Waals surface area contributed by atoms with Crippen LogP contribution in [-0.4, -0.2) is 12.1 Å². The smallest absolute Gasteiger partial charge is 0.312 e. The average molecular weight is 184 g/mol. The molecule has 0 heterocycles. The van der Waals surface area contributed by atoms with E-state index >= 15 is 0 Å². The molecule has 0 aliphatic heterocycles. The van der Waals surface area contributed by atoms with Gasteiger partial charge in [-0.25, -0.2) is 4.79 Å². The Morgan fingerprint density at radius 2 is 2.23 bits per heavy atom. The van der Waals surface area contributed by atoms with Crippen LogP contribution < -0.4 is 11.1 Å². The molecule has 1 rings (SSSR count). The maximum absolute atomic E-state index is 10.6. The molecule has 0 saturated heterocycles. The fraction of sp³-hybridized carbons (Fsp3) is 0.900. The Morgan fingerprint density at radius 3 is 2.77 bits per heavy atom. The van der Waals surface area contributed by atoms with E-state index in [1.165, 1.54) is 12.8 Å². The van der Waals surface area contributed by atoms with E-state index in [1.807, 2.05) is 0 Å². The van der Waals surface area contributed by atoms with Gasteiger partial charge in [0.05, 0.1) is 0 Å². The van der Waals surface area contributed by atoms with E-state index in [0.29, 0.717) is 6.04 Å². The number of nitrogens with two attached hydrogens (primary N) is 1. The van der Waals surface area contributed by atoms with Gasteiger partial charge in [0.25, 0.3) is 0 Å². The Kier molecular flexibility index (Phi) is 3.58. The maximum Gasteiger partial charge on any atom is 0.312 e. The molecule has 0 spiro atoms. The SMILES string of the molecule is CC(C)CC1CCC(NC(N)=O)C1. The Labute approximate surface area is 80.1 Å². The molecule has 76 valence electrons. The number of carbonyl (C=O) groups is 1. The summed E-state index contributed by atoms with van der Waals surface area (Å²) in [4.78, 5) is 10.6. The number of urea groups is 1. The first kappa shape index (κ1) is 10.4. The minimum absolute atomic E-state index is 0.334. The monoisotopic (exact) mass is 184 g/mol. The molecule has 3 heteroatoms. The Hall–Kier alpha value is -0.730. The van der Waals surface area contributed by atoms with Crippen molar-refractivity contribution in [2.75, 3.05) is 0 Å². The zero-order valence-electron chi connectivity index (χ0n) is 8.55. The van der Waals surface area contributed by atoms with Crippen LogP contribution in [0.3, 0.4) is 0 Å². The highest BCUT2D eigenvalue weighted by atomic mass is 16.2. The Balaban J connectivity index is 2.24. The van der Waals surface area contributed by atoms with Crippen LogP contribution in [0.15, 0.2) is 0 Å². The van der Waals surface area contributed by atoms with Crippen LogP contribution in [0, 0.1) is 11.8 Å². The minimum Gasteiger partial charge on any atom is -0.352 e. The fourth-order valence-electron chi connectivity index (χ4n) is 2.29. The van der Waals surface area contributed by atoms with E-state index < -0.39 is 0 Å². The molecule has 0 aromatic rings. The van der Waals surface area contributed by atoms with Crippen LogP contribution in [0.4, 0.5) is 4.79 Å². The van der Waals surface area contributed by atoms with Crippen LogP contribution in [0.1, 0.15) is 39.5 Å². The standard InChI is InChI=1S/C10H20N2O/c1-7(2)5-8-3-4-9(6-8)12-10(11)13/h7-9H,3-6H2,1-2H3,(H3,11,12,13). The molecule has 1 fully saturated rings. The van der Waals surface area contributed by atoms with Crippen molar-refractivity contribution in [1.82, 2.24) is 5.32 Å². The number of hydrogen-bond acceptors (Lipinski definition) is 1. The van der Waals surface area contributed by atoms with Crippen LogP contribution in [-0.2, 0) is 0 Å². The second-order valence-electron chi connectivity index (χ2n) is 4.51. The summed E-state index contributed by atoms with van der Waals surface area (Å²) in [5, 5.41) is 2.78. The molecule has 2 amide bonds. The number of nitrogens with one attached hydrogen (secondary N) is 1. The van der Waals surface area contributed by atoms with E-state index in [2.05, 4.69) is 19.2 Å². The maximum atomic E-state index is 10.6. The number of primary amides is 1. The van der Waals surface area contributed by atoms with Gasteiger partial charge in [0, 0.05) is 6.04 Å². The van der Waals surface area contributed by atoms with Gasteiger partial charge in [-0.05, 0) is 37.5 Å². The van der Waals surface area contributed by atoms with E-state index in [9.17, 15) is 4.79 Å². The molecule has 0 aromatic carbocycles. The van der Waals surface area contributed by atoms with Crippen molar-refractivity contribution in [3.8, 4) is 0 Å². The molecule has 0 radical (unpaired) electrons. The lowest BCUT2D eigenvalue weighted by Crippen LogP contribution is -2.37. The summed E-state index contributed by atoms with van der Waals surface area (Å²) in [5.41, 5.74) is 5.07. The lowest BCUT2D eigenvalue weighted by Gasteiger charge is -2.13. The number of rotatable bonds is 3. The van der Waals surface area contributed by atoms with Gasteiger partial charge in [0.15, 0.2) is 0 Å². The fourth-order valence-corrected chi connectivity index (χ4v) is 2.29. The third kappa shape index (κ3) is 3.66. The summed E-state index contributed by atoms with van der Waals surface area (Å²) in [6.45, 7) is 4.49. The molecule has 0 bridgehead atoms. The zero-order valence-corrected chi connectivity index (χ0v) is 8.55. The van der Waals surface area contributed by atoms with Crippen molar-refractivity contribution >= 4 is 6.03 Å². The van der Waals surface area contributed by atoms with Crippen molar-refractivity contribution in [2.24, 2.45) is 17.6 Å². The Bertz CT molecular complexity index is 180. The minimum atomic E-state index is -0.379. The van der Waals surface area contributed by atoms with Crippen LogP contribution in [0.2, 0.25) is 0 Å². The first-order chi connectivity index (χ1) is 6.08. The molecular formula is C10H20N2O. The highest BCUT2D eigenvalue weighted by Crippen LogP contribution is 2.30. The molecule has 3 nitrogen and oxygen atoms in total. The van der Waals surface area contributed by atoms with Crippen molar-refractivity contribution in [1.29, 1.82) is 0 Å². The van der Waals surface area contributed by atoms with Gasteiger partial charge < -0.3 is 11.1 Å². The lowest BCUT2D eigenvalue weighted by atomic mass is 9.96. The molecular weight excluding hydrogens is 164 g/mol. The Morgan fingerprint density at radius 1 is 1.54 bits per heavy atom. The summed E-state index contributed by atoms with van der Waals surface area (Å²) in [6, 6.07) is -0.0450. The van der Waals surface area contributed by atoms with Gasteiger partial charge in [-0.1, -0.05) is 13.8 Å². The van der Waals surface area contributed by atoms with Crippen LogP contribution in [0.5, 0.6) is 0 Å². The second kappa shape index (κ2) is 4.49. The zero-order chi connectivity index (χ0) is 9.84. The van der Waals surface area contributed by atoms with E-state index in [0.717, 1.165) is 24.7 Å². The molecule has 0 aromatic heterocycles. The topological polar surface area (TPSA) is 55.1 Å². The average Bonchev–Trinajstić information content (AvgIpc) is 2.33. The molecule has 1 saturated carbocycles. The summed E-state index contributed by atoms with van der Waals surface area (Å²) in [5.74, 6) is 1.55. The first-order valence-corrected chi connectivity index (χ1v) is 5.14. The summed E-state index contributed by atoms with van der Waals surface area (Å²) >= 11 is 0. The third-order valence-electron chi connectivity index (χ3n) is 2.69. The molecule has 2 atom stereocenters. The van der Waals surface area contributed by atoms with Crippen molar-refractivity contribution < 1.29 is 4.79 Å². The first-order valence-electron chi connectivity index (χ1n) is 5.14. The predicted molar refractivity (Wildman–Crippen MR) is 53.3 cm³/mol. The van der Waals surface area contributed by atoms with E-state index in [1.54, 1.807) is 0 Å². The summed E-state index contributed by atoms with van der Waals surface area (Å²) in [6.07, 6.45) is 4.72. The third-order valence-corrected chi connectivity index (χ3v) is 2.69. The van der Waals surface area contributed by atoms with E-state index in [4.69, 9.17) is 5.73 Å². The largest absolute Gasteiger partial charge is 0.352 e. The number of carbonyl (C=O) groups excluding carboxylic acids is 1. The number of hydrogen-bond donors (Lipinski definition) is 2. The summed E-state index contributed by atoms with van der Waals surface area (Å²) < 4.78 is 0. The van der Waals surface area contributed by atoms with E-state index in [-0.39, 0.29) is 6.03 Å². The molecule has 1 aliphatic rings. The number of amides is 2. The normalized spacial score (nSPS) is 27.9. The van der Waals surface area contributed by atoms with Crippen LogP contribution in [0.25, 0.3) is 0 Å². The molecule has 3 N–H and O–H groups in total. The predicted octanol–water partition coefficient (Wildman–Crippen LogP) is 1.87. The van der Waals surface area contributed by atoms with Crippen molar-refractivity contribution in [3.63, 3.8) is 0 Å². The van der Waals surface area contributed by atoms with Crippen molar-refractivity contribution in [3.05, 3.63) is 0 Å². The van der Waals surface area contributed by atoms with Gasteiger partial charge in [-0.3, -0.25) is 0 Å². The van der Waals surface area contributed by atoms with Gasteiger partial charge in [0.1, 0.15) is 0 Å². The van der Waals surface area contributed by atoms with Gasteiger partial charge >= 0.3 is 6.03 Å².